The maximum atomic E-state index is 13.1. The Hall–Kier alpha value is -0.0800. The van der Waals surface area contributed by atoms with Crippen molar-refractivity contribution in [2.24, 2.45) is 11.8 Å². The zero-order chi connectivity index (χ0) is 13.1. The topological polar surface area (TPSA) is 0 Å². The van der Waals surface area contributed by atoms with Crippen LogP contribution in [-0.4, -0.2) is 4.83 Å². The molecule has 0 heterocycles. The Balaban J connectivity index is 2.04. The van der Waals surface area contributed by atoms with Crippen LogP contribution in [0.3, 0.4) is 0 Å². The van der Waals surface area contributed by atoms with E-state index in [1.165, 1.54) is 31.7 Å². The van der Waals surface area contributed by atoms with Gasteiger partial charge in [0.1, 0.15) is 5.82 Å². The van der Waals surface area contributed by atoms with Crippen molar-refractivity contribution < 1.29 is 4.39 Å². The zero-order valence-electron chi connectivity index (χ0n) is 10.6. The molecular weight excluding hydrogens is 315 g/mol. The monoisotopic (exact) mass is 332 g/mol. The second-order valence-corrected chi connectivity index (χ2v) is 6.90. The molecule has 1 aliphatic carbocycles. The number of rotatable bonds is 3. The molecule has 0 radical (unpaired) electrons. The van der Waals surface area contributed by atoms with Crippen molar-refractivity contribution in [3.8, 4) is 0 Å². The number of benzene rings is 1. The molecule has 1 aromatic rings. The third-order valence-electron chi connectivity index (χ3n) is 4.06. The molecule has 0 spiro atoms. The maximum absolute atomic E-state index is 13.1. The van der Waals surface area contributed by atoms with E-state index in [4.69, 9.17) is 11.6 Å². The van der Waals surface area contributed by atoms with Gasteiger partial charge < -0.3 is 0 Å². The summed E-state index contributed by atoms with van der Waals surface area (Å²) in [6, 6.07) is 5.10. The zero-order valence-corrected chi connectivity index (χ0v) is 13.0. The van der Waals surface area contributed by atoms with Gasteiger partial charge in [0.2, 0.25) is 0 Å². The van der Waals surface area contributed by atoms with Crippen LogP contribution < -0.4 is 0 Å². The van der Waals surface area contributed by atoms with Crippen LogP contribution in [0.5, 0.6) is 0 Å². The molecule has 1 saturated carbocycles. The van der Waals surface area contributed by atoms with Crippen LogP contribution in [0.2, 0.25) is 5.02 Å². The Labute approximate surface area is 122 Å². The summed E-state index contributed by atoms with van der Waals surface area (Å²) in [7, 11) is 0. The Bertz CT molecular complexity index is 407. The van der Waals surface area contributed by atoms with Crippen LogP contribution in [0.25, 0.3) is 0 Å². The number of halogens is 3. The van der Waals surface area contributed by atoms with Crippen LogP contribution in [0.15, 0.2) is 18.2 Å². The summed E-state index contributed by atoms with van der Waals surface area (Å²) in [5.41, 5.74) is 1.15. The molecule has 3 heteroatoms. The van der Waals surface area contributed by atoms with Gasteiger partial charge in [-0.2, -0.15) is 0 Å². The fourth-order valence-electron chi connectivity index (χ4n) is 2.88. The molecule has 1 aromatic carbocycles. The number of hydrogen-bond donors (Lipinski definition) is 0. The quantitative estimate of drug-likeness (QED) is 0.631. The van der Waals surface area contributed by atoms with Crippen molar-refractivity contribution in [1.82, 2.24) is 0 Å². The molecule has 0 N–H and O–H groups in total. The minimum absolute atomic E-state index is 0.237. The van der Waals surface area contributed by atoms with Crippen molar-refractivity contribution in [3.63, 3.8) is 0 Å². The molecular formula is C15H19BrClF. The van der Waals surface area contributed by atoms with Gasteiger partial charge in [-0.3, -0.25) is 0 Å². The van der Waals surface area contributed by atoms with E-state index >= 15 is 0 Å². The van der Waals surface area contributed by atoms with Crippen molar-refractivity contribution >= 4 is 27.5 Å². The van der Waals surface area contributed by atoms with Crippen LogP contribution in [-0.2, 0) is 6.42 Å². The average Bonchev–Trinajstić information content (AvgIpc) is 2.36. The highest BCUT2D eigenvalue weighted by Gasteiger charge is 2.28. The lowest BCUT2D eigenvalue weighted by Gasteiger charge is -2.33. The molecule has 18 heavy (non-hydrogen) atoms. The molecule has 0 bridgehead atoms. The summed E-state index contributed by atoms with van der Waals surface area (Å²) in [5, 5.41) is 0.237. The fourth-order valence-corrected chi connectivity index (χ4v) is 3.75. The molecule has 100 valence electrons. The molecule has 0 amide bonds. The van der Waals surface area contributed by atoms with E-state index in [2.05, 4.69) is 22.9 Å². The first kappa shape index (κ1) is 14.3. The second kappa shape index (κ2) is 6.38. The van der Waals surface area contributed by atoms with E-state index in [0.717, 1.165) is 17.9 Å². The molecule has 0 aliphatic heterocycles. The van der Waals surface area contributed by atoms with Gasteiger partial charge in [-0.1, -0.05) is 46.9 Å². The average molecular weight is 334 g/mol. The van der Waals surface area contributed by atoms with E-state index in [1.807, 2.05) is 6.07 Å². The first-order chi connectivity index (χ1) is 8.60. The predicted molar refractivity (Wildman–Crippen MR) is 79.0 cm³/mol. The Morgan fingerprint density at radius 2 is 2.17 bits per heavy atom. The smallest absolute Gasteiger partial charge is 0.141 e. The highest BCUT2D eigenvalue weighted by molar-refractivity contribution is 9.09. The van der Waals surface area contributed by atoms with Crippen molar-refractivity contribution in [2.45, 2.75) is 43.9 Å². The summed E-state index contributed by atoms with van der Waals surface area (Å²) in [5.74, 6) is 1.16. The van der Waals surface area contributed by atoms with Gasteiger partial charge in [0.15, 0.2) is 0 Å². The van der Waals surface area contributed by atoms with Crippen LogP contribution in [0.1, 0.15) is 38.2 Å². The second-order valence-electron chi connectivity index (χ2n) is 5.32. The van der Waals surface area contributed by atoms with E-state index in [9.17, 15) is 4.39 Å². The van der Waals surface area contributed by atoms with Crippen molar-refractivity contribution in [1.29, 1.82) is 0 Å². The molecule has 2 rings (SSSR count). The van der Waals surface area contributed by atoms with Gasteiger partial charge in [-0.15, -0.1) is 0 Å². The van der Waals surface area contributed by atoms with Gasteiger partial charge in [-0.25, -0.2) is 4.39 Å². The van der Waals surface area contributed by atoms with Crippen molar-refractivity contribution in [3.05, 3.63) is 34.6 Å². The predicted octanol–water partition coefficient (Wildman–Crippen LogP) is 5.61. The first-order valence-electron chi connectivity index (χ1n) is 6.68. The Morgan fingerprint density at radius 3 is 2.83 bits per heavy atom. The molecule has 3 unspecified atom stereocenters. The minimum atomic E-state index is -0.328. The van der Waals surface area contributed by atoms with Gasteiger partial charge in [-0.05, 0) is 55.2 Å². The van der Waals surface area contributed by atoms with Crippen molar-refractivity contribution in [2.75, 3.05) is 0 Å². The molecule has 0 aromatic heterocycles. The highest BCUT2D eigenvalue weighted by atomic mass is 79.9. The summed E-state index contributed by atoms with van der Waals surface area (Å²) < 4.78 is 13.1. The normalized spacial score (nSPS) is 28.3. The standard InChI is InChI=1S/C15H19BrClF/c1-2-10-3-5-13(16)12(7-10)8-11-4-6-15(18)14(17)9-11/h4,6,9-10,12-13H,2-3,5,7-8H2,1H3. The first-order valence-corrected chi connectivity index (χ1v) is 7.97. The minimum Gasteiger partial charge on any atom is -0.205 e. The van der Waals surface area contributed by atoms with E-state index in [0.29, 0.717) is 10.7 Å². The number of hydrogen-bond acceptors (Lipinski definition) is 0. The molecule has 1 fully saturated rings. The molecule has 0 saturated heterocycles. The summed E-state index contributed by atoms with van der Waals surface area (Å²) in [6.07, 6.45) is 6.10. The lowest BCUT2D eigenvalue weighted by molar-refractivity contribution is 0.271. The van der Waals surface area contributed by atoms with E-state index in [-0.39, 0.29) is 10.8 Å². The maximum Gasteiger partial charge on any atom is 0.141 e. The van der Waals surface area contributed by atoms with Crippen LogP contribution >= 0.6 is 27.5 Å². The molecule has 1 aliphatic rings. The van der Waals surface area contributed by atoms with Gasteiger partial charge in [0.05, 0.1) is 5.02 Å². The third-order valence-corrected chi connectivity index (χ3v) is 5.55. The lowest BCUT2D eigenvalue weighted by atomic mass is 9.77. The van der Waals surface area contributed by atoms with E-state index in [1.54, 1.807) is 6.07 Å². The van der Waals surface area contributed by atoms with Crippen LogP contribution in [0, 0.1) is 17.7 Å². The highest BCUT2D eigenvalue weighted by Crippen LogP contribution is 2.37. The summed E-state index contributed by atoms with van der Waals surface area (Å²) in [6.45, 7) is 2.27. The molecule has 0 nitrogen and oxygen atoms in total. The lowest BCUT2D eigenvalue weighted by Crippen LogP contribution is -2.26. The Kier molecular flexibility index (Phi) is 5.08. The van der Waals surface area contributed by atoms with Gasteiger partial charge in [0, 0.05) is 4.83 Å². The summed E-state index contributed by atoms with van der Waals surface area (Å²) >= 11 is 9.63. The largest absolute Gasteiger partial charge is 0.205 e. The molecule has 3 atom stereocenters. The Morgan fingerprint density at radius 1 is 1.39 bits per heavy atom. The number of alkyl halides is 1. The van der Waals surface area contributed by atoms with Gasteiger partial charge >= 0.3 is 0 Å². The SMILES string of the molecule is CCC1CCC(Br)C(Cc2ccc(F)c(Cl)c2)C1. The summed E-state index contributed by atoms with van der Waals surface area (Å²) in [4.78, 5) is 0.587. The van der Waals surface area contributed by atoms with Crippen LogP contribution in [0.4, 0.5) is 4.39 Å². The van der Waals surface area contributed by atoms with E-state index < -0.39 is 0 Å². The fraction of sp³-hybridized carbons (Fsp3) is 0.600. The van der Waals surface area contributed by atoms with Gasteiger partial charge in [0.25, 0.3) is 0 Å². The third kappa shape index (κ3) is 3.48.